The summed E-state index contributed by atoms with van der Waals surface area (Å²) in [6, 6.07) is 14.1. The van der Waals surface area contributed by atoms with Gasteiger partial charge < -0.3 is 20.7 Å². The predicted molar refractivity (Wildman–Crippen MR) is 138 cm³/mol. The maximum atomic E-state index is 12.5. The molecule has 0 aromatic heterocycles. The highest BCUT2D eigenvalue weighted by molar-refractivity contribution is 7.80. The Morgan fingerprint density at radius 3 is 2.24 bits per heavy atom. The van der Waals surface area contributed by atoms with Gasteiger partial charge in [-0.1, -0.05) is 78.0 Å². The van der Waals surface area contributed by atoms with E-state index in [1.807, 2.05) is 38.1 Å². The summed E-state index contributed by atoms with van der Waals surface area (Å²) in [6.45, 7) is 4.37. The second-order valence-corrected chi connectivity index (χ2v) is 10.1. The molecule has 0 radical (unpaired) electrons. The molecular formula is C23H26Cl3N3O3S. The summed E-state index contributed by atoms with van der Waals surface area (Å²) >= 11 is 23.4. The lowest BCUT2D eigenvalue weighted by Crippen LogP contribution is -2.56. The molecule has 1 amide bonds. The summed E-state index contributed by atoms with van der Waals surface area (Å²) in [7, 11) is 0. The van der Waals surface area contributed by atoms with Crippen molar-refractivity contribution in [2.24, 2.45) is 0 Å². The van der Waals surface area contributed by atoms with Gasteiger partial charge in [0.05, 0.1) is 18.6 Å². The highest BCUT2D eigenvalue weighted by Gasteiger charge is 2.34. The van der Waals surface area contributed by atoms with E-state index >= 15 is 0 Å². The Morgan fingerprint density at radius 1 is 1.03 bits per heavy atom. The zero-order valence-corrected chi connectivity index (χ0v) is 21.4. The molecule has 6 nitrogen and oxygen atoms in total. The number of alkyl halides is 3. The summed E-state index contributed by atoms with van der Waals surface area (Å²) in [6.07, 6.45) is 0.808. The number of amides is 1. The minimum Gasteiger partial charge on any atom is -0.462 e. The van der Waals surface area contributed by atoms with Crippen molar-refractivity contribution in [2.45, 2.75) is 43.1 Å². The van der Waals surface area contributed by atoms with Gasteiger partial charge in [0.15, 0.2) is 5.11 Å². The SMILES string of the molecule is CCCCOC(=O)c1ccc(NC(=S)NC(NC(=O)Cc2ccc(C)cc2)C(Cl)(Cl)Cl)cc1. The molecule has 2 aromatic carbocycles. The van der Waals surface area contributed by atoms with Gasteiger partial charge in [-0.05, 0) is 55.4 Å². The smallest absolute Gasteiger partial charge is 0.338 e. The number of ether oxygens (including phenoxy) is 1. The summed E-state index contributed by atoms with van der Waals surface area (Å²) in [5.41, 5.74) is 2.96. The van der Waals surface area contributed by atoms with Crippen LogP contribution in [0.25, 0.3) is 0 Å². The first-order valence-electron chi connectivity index (χ1n) is 10.3. The van der Waals surface area contributed by atoms with Crippen molar-refractivity contribution in [3.63, 3.8) is 0 Å². The third-order valence-electron chi connectivity index (χ3n) is 4.50. The number of carbonyl (C=O) groups excluding carboxylic acids is 2. The number of hydrogen-bond donors (Lipinski definition) is 3. The number of hydrogen-bond acceptors (Lipinski definition) is 4. The Bertz CT molecular complexity index is 948. The van der Waals surface area contributed by atoms with Gasteiger partial charge in [-0.3, -0.25) is 4.79 Å². The second kappa shape index (κ2) is 13.0. The third kappa shape index (κ3) is 9.76. The zero-order valence-electron chi connectivity index (χ0n) is 18.3. The van der Waals surface area contributed by atoms with Gasteiger partial charge in [-0.2, -0.15) is 0 Å². The van der Waals surface area contributed by atoms with Crippen LogP contribution in [-0.4, -0.2) is 33.6 Å². The number of carbonyl (C=O) groups is 2. The zero-order chi connectivity index (χ0) is 24.4. The monoisotopic (exact) mass is 529 g/mol. The Hall–Kier alpha value is -2.06. The first-order chi connectivity index (χ1) is 15.6. The molecule has 3 N–H and O–H groups in total. The number of aryl methyl sites for hydroxylation is 1. The van der Waals surface area contributed by atoms with E-state index < -0.39 is 9.96 Å². The number of benzene rings is 2. The lowest BCUT2D eigenvalue weighted by molar-refractivity contribution is -0.121. The second-order valence-electron chi connectivity index (χ2n) is 7.37. The quantitative estimate of drug-likeness (QED) is 0.134. The molecule has 0 aliphatic rings. The summed E-state index contributed by atoms with van der Waals surface area (Å²) in [5, 5.41) is 8.51. The van der Waals surface area contributed by atoms with Crippen molar-refractivity contribution in [3.8, 4) is 0 Å². The van der Waals surface area contributed by atoms with Crippen LogP contribution in [0.15, 0.2) is 48.5 Å². The molecule has 0 saturated carbocycles. The van der Waals surface area contributed by atoms with E-state index in [-0.39, 0.29) is 23.4 Å². The first kappa shape index (κ1) is 27.2. The molecule has 0 fully saturated rings. The Labute approximate surface area is 214 Å². The molecule has 0 bridgehead atoms. The summed E-state index contributed by atoms with van der Waals surface area (Å²) in [4.78, 5) is 24.4. The van der Waals surface area contributed by atoms with Crippen molar-refractivity contribution in [3.05, 3.63) is 65.2 Å². The molecule has 2 rings (SSSR count). The van der Waals surface area contributed by atoms with E-state index in [1.165, 1.54) is 0 Å². The van der Waals surface area contributed by atoms with Crippen molar-refractivity contribution < 1.29 is 14.3 Å². The van der Waals surface area contributed by atoms with E-state index in [9.17, 15) is 9.59 Å². The minimum atomic E-state index is -1.86. The average molecular weight is 531 g/mol. The molecule has 10 heteroatoms. The lowest BCUT2D eigenvalue weighted by atomic mass is 10.1. The van der Waals surface area contributed by atoms with Crippen LogP contribution in [0.2, 0.25) is 0 Å². The van der Waals surface area contributed by atoms with Gasteiger partial charge >= 0.3 is 5.97 Å². The normalized spacial score (nSPS) is 11.9. The van der Waals surface area contributed by atoms with Crippen LogP contribution in [0.3, 0.4) is 0 Å². The fraction of sp³-hybridized carbons (Fsp3) is 0.348. The van der Waals surface area contributed by atoms with Gasteiger partial charge in [0.25, 0.3) is 0 Å². The van der Waals surface area contributed by atoms with Crippen LogP contribution in [0.4, 0.5) is 5.69 Å². The molecular weight excluding hydrogens is 505 g/mol. The fourth-order valence-electron chi connectivity index (χ4n) is 2.68. The minimum absolute atomic E-state index is 0.120. The van der Waals surface area contributed by atoms with E-state index in [2.05, 4.69) is 16.0 Å². The molecule has 0 spiro atoms. The van der Waals surface area contributed by atoms with Gasteiger partial charge in [-0.15, -0.1) is 0 Å². The van der Waals surface area contributed by atoms with Crippen molar-refractivity contribution in [1.29, 1.82) is 0 Å². The van der Waals surface area contributed by atoms with Gasteiger partial charge in [0.1, 0.15) is 6.17 Å². The highest BCUT2D eigenvalue weighted by Crippen LogP contribution is 2.29. The van der Waals surface area contributed by atoms with Crippen LogP contribution in [0.1, 0.15) is 41.3 Å². The molecule has 178 valence electrons. The number of thiocarbonyl (C=S) groups is 1. The van der Waals surface area contributed by atoms with Crippen molar-refractivity contribution in [1.82, 2.24) is 10.6 Å². The van der Waals surface area contributed by atoms with Crippen molar-refractivity contribution in [2.75, 3.05) is 11.9 Å². The van der Waals surface area contributed by atoms with E-state index in [4.69, 9.17) is 51.8 Å². The number of nitrogens with one attached hydrogen (secondary N) is 3. The highest BCUT2D eigenvalue weighted by atomic mass is 35.6. The summed E-state index contributed by atoms with van der Waals surface area (Å²) in [5.74, 6) is -0.723. The first-order valence-corrected chi connectivity index (χ1v) is 11.9. The molecule has 0 saturated heterocycles. The number of anilines is 1. The van der Waals surface area contributed by atoms with Crippen LogP contribution < -0.4 is 16.0 Å². The molecule has 1 unspecified atom stereocenters. The maximum absolute atomic E-state index is 12.5. The third-order valence-corrected chi connectivity index (χ3v) is 5.38. The van der Waals surface area contributed by atoms with E-state index in [0.29, 0.717) is 17.9 Å². The van der Waals surface area contributed by atoms with E-state index in [0.717, 1.165) is 24.0 Å². The van der Waals surface area contributed by atoms with Gasteiger partial charge in [-0.25, -0.2) is 4.79 Å². The largest absolute Gasteiger partial charge is 0.462 e. The number of rotatable bonds is 9. The lowest BCUT2D eigenvalue weighted by Gasteiger charge is -2.27. The van der Waals surface area contributed by atoms with Crippen LogP contribution in [0, 0.1) is 6.92 Å². The number of unbranched alkanes of at least 4 members (excludes halogenated alkanes) is 1. The fourth-order valence-corrected chi connectivity index (χ4v) is 3.25. The topological polar surface area (TPSA) is 79.5 Å². The maximum Gasteiger partial charge on any atom is 0.338 e. The summed E-state index contributed by atoms with van der Waals surface area (Å²) < 4.78 is 3.32. The van der Waals surface area contributed by atoms with Gasteiger partial charge in [0.2, 0.25) is 9.70 Å². The Morgan fingerprint density at radius 2 is 1.67 bits per heavy atom. The number of halogens is 3. The van der Waals surface area contributed by atoms with E-state index in [1.54, 1.807) is 24.3 Å². The van der Waals surface area contributed by atoms with Crippen LogP contribution in [0.5, 0.6) is 0 Å². The number of esters is 1. The molecule has 0 heterocycles. The van der Waals surface area contributed by atoms with Crippen LogP contribution >= 0.6 is 47.0 Å². The van der Waals surface area contributed by atoms with Gasteiger partial charge in [0, 0.05) is 5.69 Å². The average Bonchev–Trinajstić information content (AvgIpc) is 2.75. The molecule has 2 aromatic rings. The predicted octanol–water partition coefficient (Wildman–Crippen LogP) is 5.29. The standard InChI is InChI=1S/C23H26Cl3N3O3S/c1-3-4-13-32-20(31)17-9-11-18(12-10-17)27-22(33)29-21(23(24,25)26)28-19(30)14-16-7-5-15(2)6-8-16/h5-12,21H,3-4,13-14H2,1-2H3,(H,28,30)(H2,27,29,33). The molecule has 0 aliphatic carbocycles. The molecule has 1 atom stereocenters. The van der Waals surface area contributed by atoms with Crippen molar-refractivity contribution >= 4 is 69.7 Å². The Balaban J connectivity index is 1.93. The van der Waals surface area contributed by atoms with Crippen LogP contribution in [-0.2, 0) is 16.0 Å². The molecule has 0 aliphatic heterocycles. The Kier molecular flexibility index (Phi) is 10.7. The molecule has 33 heavy (non-hydrogen) atoms.